The Morgan fingerprint density at radius 2 is 2.25 bits per heavy atom. The van der Waals surface area contributed by atoms with Crippen LogP contribution in [0.1, 0.15) is 15.9 Å². The number of hydrogen-bond acceptors (Lipinski definition) is 2. The van der Waals surface area contributed by atoms with Gasteiger partial charge in [0.2, 0.25) is 0 Å². The fraction of sp³-hybridized carbons (Fsp3) is 0.182. The third-order valence-electron chi connectivity index (χ3n) is 1.92. The van der Waals surface area contributed by atoms with Gasteiger partial charge >= 0.3 is 5.97 Å². The summed E-state index contributed by atoms with van der Waals surface area (Å²) in [6.45, 7) is 4.02. The van der Waals surface area contributed by atoms with Gasteiger partial charge in [0.25, 0.3) is 0 Å². The molecular weight excluding hydrogens is 233 g/mol. The van der Waals surface area contributed by atoms with Crippen LogP contribution < -0.4 is 5.32 Å². The number of carbonyl (C=O) groups is 1. The van der Waals surface area contributed by atoms with Gasteiger partial charge in [-0.15, -0.1) is 0 Å². The number of carboxylic acid groups (broad SMARTS) is 1. The highest BCUT2D eigenvalue weighted by molar-refractivity contribution is 6.29. The normalized spacial score (nSPS) is 10.1. The Labute approximate surface area is 97.5 Å². The summed E-state index contributed by atoms with van der Waals surface area (Å²) in [5.74, 6) is -1.53. The molecule has 0 amide bonds. The van der Waals surface area contributed by atoms with Gasteiger partial charge in [0, 0.05) is 23.7 Å². The van der Waals surface area contributed by atoms with E-state index < -0.39 is 11.8 Å². The van der Waals surface area contributed by atoms with Gasteiger partial charge in [-0.2, -0.15) is 0 Å². The number of rotatable bonds is 5. The maximum atomic E-state index is 13.3. The predicted molar refractivity (Wildman–Crippen MR) is 60.1 cm³/mol. The number of hydrogen-bond donors (Lipinski definition) is 2. The van der Waals surface area contributed by atoms with E-state index in [1.807, 2.05) is 0 Å². The van der Waals surface area contributed by atoms with Crippen LogP contribution in [0.2, 0.25) is 0 Å². The number of benzene rings is 1. The maximum absolute atomic E-state index is 13.3. The van der Waals surface area contributed by atoms with E-state index >= 15 is 0 Å². The molecule has 0 unspecified atom stereocenters. The average molecular weight is 244 g/mol. The van der Waals surface area contributed by atoms with Crippen molar-refractivity contribution in [3.63, 3.8) is 0 Å². The monoisotopic (exact) mass is 243 g/mol. The lowest BCUT2D eigenvalue weighted by Crippen LogP contribution is -2.16. The van der Waals surface area contributed by atoms with Crippen LogP contribution in [0.5, 0.6) is 0 Å². The van der Waals surface area contributed by atoms with Gasteiger partial charge in [-0.25, -0.2) is 9.18 Å². The second kappa shape index (κ2) is 5.63. The van der Waals surface area contributed by atoms with Gasteiger partial charge in [-0.3, -0.25) is 0 Å². The molecule has 0 saturated carbocycles. The Balaban J connectivity index is 2.74. The molecule has 3 nitrogen and oxygen atoms in total. The van der Waals surface area contributed by atoms with Crippen molar-refractivity contribution in [2.75, 3.05) is 6.54 Å². The summed E-state index contributed by atoms with van der Waals surface area (Å²) in [6.07, 6.45) is 0. The van der Waals surface area contributed by atoms with Gasteiger partial charge in [-0.1, -0.05) is 18.2 Å². The Bertz CT molecular complexity index is 420. The minimum atomic E-state index is -1.08. The van der Waals surface area contributed by atoms with Crippen LogP contribution in [0.15, 0.2) is 29.8 Å². The number of nitrogens with one attached hydrogen (secondary N) is 1. The van der Waals surface area contributed by atoms with Gasteiger partial charge in [-0.05, 0) is 18.2 Å². The smallest absolute Gasteiger partial charge is 0.335 e. The van der Waals surface area contributed by atoms with Gasteiger partial charge in [0.1, 0.15) is 5.82 Å². The van der Waals surface area contributed by atoms with Crippen LogP contribution in [0.25, 0.3) is 0 Å². The average Bonchev–Trinajstić information content (AvgIpc) is 2.20. The number of aromatic carboxylic acids is 1. The standard InChI is InChI=1S/C11H11ClFNO2/c1-7(12)5-14-6-9-4-8(11(15)16)2-3-10(9)13/h2-4,14H,1,5-6H2,(H,15,16). The van der Waals surface area contributed by atoms with Crippen molar-refractivity contribution in [2.24, 2.45) is 0 Å². The first-order valence-corrected chi connectivity index (χ1v) is 4.94. The predicted octanol–water partition coefficient (Wildman–Crippen LogP) is 2.37. The van der Waals surface area contributed by atoms with Crippen LogP contribution in [0.4, 0.5) is 4.39 Å². The minimum absolute atomic E-state index is 0.0582. The molecule has 0 aliphatic rings. The molecule has 0 spiro atoms. The van der Waals surface area contributed by atoms with Gasteiger partial charge in [0.05, 0.1) is 5.56 Å². The van der Waals surface area contributed by atoms with E-state index in [1.54, 1.807) is 0 Å². The van der Waals surface area contributed by atoms with Crippen molar-refractivity contribution in [2.45, 2.75) is 6.54 Å². The molecule has 0 fully saturated rings. The maximum Gasteiger partial charge on any atom is 0.335 e. The van der Waals surface area contributed by atoms with Gasteiger partial charge in [0.15, 0.2) is 0 Å². The highest BCUT2D eigenvalue weighted by Gasteiger charge is 2.07. The van der Waals surface area contributed by atoms with E-state index in [0.29, 0.717) is 11.6 Å². The van der Waals surface area contributed by atoms with Crippen molar-refractivity contribution in [3.05, 3.63) is 46.8 Å². The SMILES string of the molecule is C=C(Cl)CNCc1cc(C(=O)O)ccc1F. The summed E-state index contributed by atoms with van der Waals surface area (Å²) in [4.78, 5) is 10.7. The fourth-order valence-electron chi connectivity index (χ4n) is 1.18. The third kappa shape index (κ3) is 3.64. The molecule has 0 atom stereocenters. The molecule has 2 N–H and O–H groups in total. The van der Waals surface area contributed by atoms with E-state index in [4.69, 9.17) is 16.7 Å². The molecule has 0 saturated heterocycles. The summed E-state index contributed by atoms with van der Waals surface area (Å²) >= 11 is 5.52. The molecule has 0 aromatic heterocycles. The Morgan fingerprint density at radius 1 is 1.56 bits per heavy atom. The van der Waals surface area contributed by atoms with Crippen molar-refractivity contribution in [1.82, 2.24) is 5.32 Å². The largest absolute Gasteiger partial charge is 0.478 e. The second-order valence-corrected chi connectivity index (χ2v) is 3.77. The summed E-state index contributed by atoms with van der Waals surface area (Å²) < 4.78 is 13.3. The third-order valence-corrected chi connectivity index (χ3v) is 2.06. The van der Waals surface area contributed by atoms with E-state index in [1.165, 1.54) is 12.1 Å². The van der Waals surface area contributed by atoms with Crippen molar-refractivity contribution in [1.29, 1.82) is 0 Å². The molecule has 0 bridgehead atoms. The molecule has 5 heteroatoms. The first-order chi connectivity index (χ1) is 7.50. The van der Waals surface area contributed by atoms with Crippen LogP contribution in [0.3, 0.4) is 0 Å². The van der Waals surface area contributed by atoms with Crippen LogP contribution >= 0.6 is 11.6 Å². The van der Waals surface area contributed by atoms with Crippen molar-refractivity contribution >= 4 is 17.6 Å². The van der Waals surface area contributed by atoms with E-state index in [-0.39, 0.29) is 17.7 Å². The van der Waals surface area contributed by atoms with Crippen LogP contribution in [-0.2, 0) is 6.54 Å². The summed E-state index contributed by atoms with van der Waals surface area (Å²) in [6, 6.07) is 3.65. The lowest BCUT2D eigenvalue weighted by Gasteiger charge is -2.06. The highest BCUT2D eigenvalue weighted by Crippen LogP contribution is 2.10. The molecule has 0 heterocycles. The fourth-order valence-corrected chi connectivity index (χ4v) is 1.27. The first kappa shape index (κ1) is 12.7. The van der Waals surface area contributed by atoms with Crippen LogP contribution in [-0.4, -0.2) is 17.6 Å². The zero-order valence-electron chi connectivity index (χ0n) is 8.46. The molecule has 0 aliphatic heterocycles. The molecule has 86 valence electrons. The minimum Gasteiger partial charge on any atom is -0.478 e. The molecule has 0 radical (unpaired) electrons. The number of carboxylic acids is 1. The van der Waals surface area contributed by atoms with E-state index in [0.717, 1.165) is 6.07 Å². The highest BCUT2D eigenvalue weighted by atomic mass is 35.5. The topological polar surface area (TPSA) is 49.3 Å². The molecule has 0 aliphatic carbocycles. The second-order valence-electron chi connectivity index (χ2n) is 3.23. The molecule has 1 aromatic rings. The quantitative estimate of drug-likeness (QED) is 0.835. The Kier molecular flexibility index (Phi) is 4.46. The number of halogens is 2. The Morgan fingerprint density at radius 3 is 2.81 bits per heavy atom. The Hall–Kier alpha value is -1.39. The molecule has 1 rings (SSSR count). The van der Waals surface area contributed by atoms with E-state index in [9.17, 15) is 9.18 Å². The van der Waals surface area contributed by atoms with Crippen molar-refractivity contribution < 1.29 is 14.3 Å². The summed E-state index contributed by atoms with van der Waals surface area (Å²) in [5.41, 5.74) is 0.348. The van der Waals surface area contributed by atoms with Crippen LogP contribution in [0, 0.1) is 5.82 Å². The molecule has 1 aromatic carbocycles. The lowest BCUT2D eigenvalue weighted by atomic mass is 10.1. The van der Waals surface area contributed by atoms with Crippen molar-refractivity contribution in [3.8, 4) is 0 Å². The first-order valence-electron chi connectivity index (χ1n) is 4.56. The van der Waals surface area contributed by atoms with Gasteiger partial charge < -0.3 is 10.4 Å². The van der Waals surface area contributed by atoms with E-state index in [2.05, 4.69) is 11.9 Å². The molecular formula is C11H11ClFNO2. The lowest BCUT2D eigenvalue weighted by molar-refractivity contribution is 0.0696. The zero-order valence-corrected chi connectivity index (χ0v) is 9.22. The zero-order chi connectivity index (χ0) is 12.1. The summed E-state index contributed by atoms with van der Waals surface area (Å²) in [7, 11) is 0. The molecule has 16 heavy (non-hydrogen) atoms. The summed E-state index contributed by atoms with van der Waals surface area (Å²) in [5, 5.41) is 12.0.